The predicted octanol–water partition coefficient (Wildman–Crippen LogP) is 3.13. The van der Waals surface area contributed by atoms with Gasteiger partial charge < -0.3 is 16.0 Å². The molecule has 0 saturated carbocycles. The van der Waals surface area contributed by atoms with Crippen molar-refractivity contribution in [2.75, 3.05) is 38.0 Å². The number of likely N-dealkylation sites (tertiary alicyclic amines) is 1. The van der Waals surface area contributed by atoms with Crippen LogP contribution in [-0.4, -0.2) is 55.5 Å². The topological polar surface area (TPSA) is 68.8 Å². The van der Waals surface area contributed by atoms with E-state index in [4.69, 9.17) is 4.99 Å². The van der Waals surface area contributed by atoms with E-state index in [-0.39, 0.29) is 5.91 Å². The molecule has 0 aliphatic carbocycles. The van der Waals surface area contributed by atoms with Gasteiger partial charge in [-0.15, -0.1) is 0 Å². The number of guanidine groups is 1. The number of nitrogens with zero attached hydrogens (tertiary/aromatic N) is 2. The van der Waals surface area contributed by atoms with Crippen LogP contribution in [0.3, 0.4) is 0 Å². The Morgan fingerprint density at radius 1 is 1.33 bits per heavy atom. The Morgan fingerprint density at radius 3 is 2.85 bits per heavy atom. The average molecular weight is 438 g/mol. The molecule has 150 valence electrons. The Bertz CT molecular complexity index is 649. The zero-order valence-electron chi connectivity index (χ0n) is 16.6. The van der Waals surface area contributed by atoms with Crippen molar-refractivity contribution >= 4 is 33.5 Å². The van der Waals surface area contributed by atoms with Gasteiger partial charge in [-0.2, -0.15) is 0 Å². The summed E-state index contributed by atoms with van der Waals surface area (Å²) < 4.78 is 1.01. The number of hydrogen-bond donors (Lipinski definition) is 3. The fourth-order valence-electron chi connectivity index (χ4n) is 3.33. The first-order chi connectivity index (χ1) is 13.0. The van der Waals surface area contributed by atoms with Gasteiger partial charge in [0.25, 0.3) is 0 Å². The molecule has 1 saturated heterocycles. The first-order valence-corrected chi connectivity index (χ1v) is 10.6. The van der Waals surface area contributed by atoms with Gasteiger partial charge in [-0.25, -0.2) is 0 Å². The minimum absolute atomic E-state index is 0.00304. The largest absolute Gasteiger partial charge is 0.357 e. The van der Waals surface area contributed by atoms with E-state index in [0.29, 0.717) is 19.0 Å². The van der Waals surface area contributed by atoms with Gasteiger partial charge in [0.15, 0.2) is 5.96 Å². The highest BCUT2D eigenvalue weighted by molar-refractivity contribution is 9.10. The summed E-state index contributed by atoms with van der Waals surface area (Å²) in [6.45, 7) is 10.7. The lowest BCUT2D eigenvalue weighted by molar-refractivity contribution is -0.116. The molecular weight excluding hydrogens is 406 g/mol. The summed E-state index contributed by atoms with van der Waals surface area (Å²) in [6.07, 6.45) is 2.86. The van der Waals surface area contributed by atoms with E-state index < -0.39 is 0 Å². The molecule has 1 unspecified atom stereocenters. The summed E-state index contributed by atoms with van der Waals surface area (Å²) in [5.74, 6) is 0.782. The van der Waals surface area contributed by atoms with Crippen LogP contribution in [0.1, 0.15) is 38.7 Å². The third-order valence-electron chi connectivity index (χ3n) is 4.82. The molecular formula is C20H32BrN5O. The molecule has 1 fully saturated rings. The number of nitrogens with one attached hydrogen (secondary N) is 3. The Labute approximate surface area is 171 Å². The lowest BCUT2D eigenvalue weighted by Gasteiger charge is -2.21. The standard InChI is InChI=1S/C20H32BrN5O/c1-4-22-20(24-14-17-7-6-12-26(17)5-2)23-11-10-19(27)25-18-9-8-16(21)13-15(18)3/h8-9,13,17H,4-7,10-12,14H2,1-3H3,(H,25,27)(H2,22,23,24). The van der Waals surface area contributed by atoms with Gasteiger partial charge in [0.05, 0.1) is 6.54 Å². The molecule has 27 heavy (non-hydrogen) atoms. The molecule has 7 heteroatoms. The summed E-state index contributed by atoms with van der Waals surface area (Å²) in [5, 5.41) is 9.50. The maximum absolute atomic E-state index is 12.2. The molecule has 0 aromatic heterocycles. The second-order valence-corrected chi connectivity index (χ2v) is 7.74. The van der Waals surface area contributed by atoms with Gasteiger partial charge in [0.2, 0.25) is 5.91 Å². The van der Waals surface area contributed by atoms with Crippen LogP contribution in [0.2, 0.25) is 0 Å². The third-order valence-corrected chi connectivity index (χ3v) is 5.31. The van der Waals surface area contributed by atoms with E-state index in [0.717, 1.165) is 41.3 Å². The van der Waals surface area contributed by atoms with Crippen molar-refractivity contribution in [1.82, 2.24) is 15.5 Å². The van der Waals surface area contributed by atoms with Gasteiger partial charge in [-0.3, -0.25) is 14.7 Å². The van der Waals surface area contributed by atoms with Crippen LogP contribution in [0, 0.1) is 6.92 Å². The third kappa shape index (κ3) is 7.14. The first-order valence-electron chi connectivity index (χ1n) is 9.85. The highest BCUT2D eigenvalue weighted by atomic mass is 79.9. The lowest BCUT2D eigenvalue weighted by Crippen LogP contribution is -2.40. The lowest BCUT2D eigenvalue weighted by atomic mass is 10.2. The number of benzene rings is 1. The molecule has 1 aliphatic rings. The number of aliphatic imine (C=N–C) groups is 1. The number of rotatable bonds is 8. The van der Waals surface area contributed by atoms with E-state index in [1.54, 1.807) is 0 Å². The SMILES string of the molecule is CCNC(=NCC1CCCN1CC)NCCC(=O)Nc1ccc(Br)cc1C. The second-order valence-electron chi connectivity index (χ2n) is 6.83. The van der Waals surface area contributed by atoms with Crippen molar-refractivity contribution in [3.63, 3.8) is 0 Å². The summed E-state index contributed by atoms with van der Waals surface area (Å²) >= 11 is 3.44. The van der Waals surface area contributed by atoms with E-state index in [1.807, 2.05) is 32.0 Å². The number of anilines is 1. The smallest absolute Gasteiger partial charge is 0.226 e. The summed E-state index contributed by atoms with van der Waals surface area (Å²) in [7, 11) is 0. The van der Waals surface area contributed by atoms with E-state index >= 15 is 0 Å². The van der Waals surface area contributed by atoms with Crippen LogP contribution in [0.25, 0.3) is 0 Å². The maximum atomic E-state index is 12.2. The van der Waals surface area contributed by atoms with Crippen molar-refractivity contribution < 1.29 is 4.79 Å². The normalized spacial score (nSPS) is 17.8. The van der Waals surface area contributed by atoms with Crippen LogP contribution in [0.4, 0.5) is 5.69 Å². The zero-order valence-corrected chi connectivity index (χ0v) is 18.2. The second kappa shape index (κ2) is 11.3. The van der Waals surface area contributed by atoms with E-state index in [2.05, 4.69) is 43.7 Å². The number of aryl methyl sites for hydroxylation is 1. The number of halogens is 1. The molecule has 1 heterocycles. The van der Waals surface area contributed by atoms with Crippen LogP contribution in [-0.2, 0) is 4.79 Å². The number of amides is 1. The van der Waals surface area contributed by atoms with Crippen molar-refractivity contribution in [2.24, 2.45) is 4.99 Å². The summed E-state index contributed by atoms with van der Waals surface area (Å²) in [4.78, 5) is 19.4. The molecule has 2 rings (SSSR count). The van der Waals surface area contributed by atoms with Crippen LogP contribution >= 0.6 is 15.9 Å². The molecule has 0 radical (unpaired) electrons. The maximum Gasteiger partial charge on any atom is 0.226 e. The van der Waals surface area contributed by atoms with Gasteiger partial charge in [0, 0.05) is 35.7 Å². The molecule has 0 bridgehead atoms. The minimum Gasteiger partial charge on any atom is -0.357 e. The van der Waals surface area contributed by atoms with Crippen molar-refractivity contribution in [3.8, 4) is 0 Å². The van der Waals surface area contributed by atoms with E-state index in [9.17, 15) is 4.79 Å². The Morgan fingerprint density at radius 2 is 2.15 bits per heavy atom. The fourth-order valence-corrected chi connectivity index (χ4v) is 3.81. The summed E-state index contributed by atoms with van der Waals surface area (Å²) in [6, 6.07) is 6.37. The van der Waals surface area contributed by atoms with Gasteiger partial charge in [0.1, 0.15) is 0 Å². The number of carbonyl (C=O) groups is 1. The quantitative estimate of drug-likeness (QED) is 0.431. The molecule has 1 aromatic carbocycles. The number of likely N-dealkylation sites (N-methyl/N-ethyl adjacent to an activating group) is 1. The molecule has 1 aromatic rings. The number of hydrogen-bond acceptors (Lipinski definition) is 3. The summed E-state index contributed by atoms with van der Waals surface area (Å²) in [5.41, 5.74) is 1.89. The van der Waals surface area contributed by atoms with Gasteiger partial charge in [-0.1, -0.05) is 22.9 Å². The highest BCUT2D eigenvalue weighted by Crippen LogP contribution is 2.20. The molecule has 1 amide bonds. The van der Waals surface area contributed by atoms with Gasteiger partial charge >= 0.3 is 0 Å². The van der Waals surface area contributed by atoms with Crippen molar-refractivity contribution in [3.05, 3.63) is 28.2 Å². The molecule has 0 spiro atoms. The Hall–Kier alpha value is -1.60. The van der Waals surface area contributed by atoms with Crippen LogP contribution < -0.4 is 16.0 Å². The predicted molar refractivity (Wildman–Crippen MR) is 116 cm³/mol. The first kappa shape index (κ1) is 21.7. The Kier molecular flexibility index (Phi) is 9.07. The monoisotopic (exact) mass is 437 g/mol. The van der Waals surface area contributed by atoms with Crippen molar-refractivity contribution in [1.29, 1.82) is 0 Å². The zero-order chi connectivity index (χ0) is 19.6. The molecule has 1 atom stereocenters. The molecule has 3 N–H and O–H groups in total. The minimum atomic E-state index is -0.00304. The van der Waals surface area contributed by atoms with Crippen molar-refractivity contribution in [2.45, 2.75) is 46.1 Å². The molecule has 1 aliphatic heterocycles. The fraction of sp³-hybridized carbons (Fsp3) is 0.600. The average Bonchev–Trinajstić information content (AvgIpc) is 3.09. The molecule has 6 nitrogen and oxygen atoms in total. The van der Waals surface area contributed by atoms with Crippen LogP contribution in [0.5, 0.6) is 0 Å². The Balaban J connectivity index is 1.79. The van der Waals surface area contributed by atoms with Crippen LogP contribution in [0.15, 0.2) is 27.7 Å². The van der Waals surface area contributed by atoms with E-state index in [1.165, 1.54) is 19.4 Å². The highest BCUT2D eigenvalue weighted by Gasteiger charge is 2.22. The van der Waals surface area contributed by atoms with Gasteiger partial charge in [-0.05, 0) is 63.5 Å². The number of carbonyl (C=O) groups excluding carboxylic acids is 1.